The standard InChI is InChI=1S/C16H15N2/c1-12-7-3-5-9-14(12)16-17-11-13-8-4-6-10-15(13)18(16)2/h3-11H,1-2H3/q+1. The van der Waals surface area contributed by atoms with E-state index < -0.39 is 0 Å². The third-order valence-corrected chi connectivity index (χ3v) is 3.33. The van der Waals surface area contributed by atoms with E-state index in [0.29, 0.717) is 0 Å². The number of rotatable bonds is 1. The van der Waals surface area contributed by atoms with E-state index in [0.717, 1.165) is 11.2 Å². The van der Waals surface area contributed by atoms with E-state index in [-0.39, 0.29) is 0 Å². The fraction of sp³-hybridized carbons (Fsp3) is 0.125. The van der Waals surface area contributed by atoms with Crippen molar-refractivity contribution < 1.29 is 4.57 Å². The van der Waals surface area contributed by atoms with E-state index in [4.69, 9.17) is 0 Å². The Morgan fingerprint density at radius 1 is 0.944 bits per heavy atom. The van der Waals surface area contributed by atoms with Crippen molar-refractivity contribution in [2.75, 3.05) is 0 Å². The van der Waals surface area contributed by atoms with Gasteiger partial charge in [0.25, 0.3) is 0 Å². The Morgan fingerprint density at radius 2 is 1.67 bits per heavy atom. The molecule has 0 unspecified atom stereocenters. The number of fused-ring (bicyclic) bond motifs is 1. The van der Waals surface area contributed by atoms with Gasteiger partial charge in [0.1, 0.15) is 5.52 Å². The monoisotopic (exact) mass is 235 g/mol. The Bertz CT molecular complexity index is 717. The second kappa shape index (κ2) is 4.22. The molecule has 2 heteroatoms. The minimum absolute atomic E-state index is 1.01. The number of hydrogen-bond donors (Lipinski definition) is 0. The van der Waals surface area contributed by atoms with Crippen LogP contribution in [0.4, 0.5) is 0 Å². The zero-order chi connectivity index (χ0) is 12.5. The lowest BCUT2D eigenvalue weighted by molar-refractivity contribution is -0.636. The molecule has 0 aliphatic carbocycles. The van der Waals surface area contributed by atoms with Crippen LogP contribution in [0, 0.1) is 6.92 Å². The molecule has 0 aliphatic rings. The Labute approximate surface area is 107 Å². The molecular formula is C16H15N2+. The molecule has 0 saturated heterocycles. The van der Waals surface area contributed by atoms with Crippen molar-refractivity contribution in [3.63, 3.8) is 0 Å². The summed E-state index contributed by atoms with van der Waals surface area (Å²) in [6, 6.07) is 16.7. The van der Waals surface area contributed by atoms with Gasteiger partial charge in [-0.3, -0.25) is 0 Å². The van der Waals surface area contributed by atoms with E-state index in [2.05, 4.69) is 66.0 Å². The quantitative estimate of drug-likeness (QED) is 0.592. The summed E-state index contributed by atoms with van der Waals surface area (Å²) in [5.74, 6) is 1.01. The summed E-state index contributed by atoms with van der Waals surface area (Å²) in [5, 5.41) is 1.16. The predicted molar refractivity (Wildman–Crippen MR) is 73.1 cm³/mol. The maximum absolute atomic E-state index is 4.60. The van der Waals surface area contributed by atoms with Crippen LogP contribution >= 0.6 is 0 Å². The first kappa shape index (κ1) is 10.9. The first-order valence-corrected chi connectivity index (χ1v) is 6.07. The smallest absolute Gasteiger partial charge is 0.226 e. The Hall–Kier alpha value is -2.22. The van der Waals surface area contributed by atoms with Gasteiger partial charge in [0.2, 0.25) is 0 Å². The molecular weight excluding hydrogens is 220 g/mol. The lowest BCUT2D eigenvalue weighted by Crippen LogP contribution is -2.33. The van der Waals surface area contributed by atoms with Gasteiger partial charge in [0.15, 0.2) is 6.20 Å². The molecule has 0 amide bonds. The fourth-order valence-corrected chi connectivity index (χ4v) is 2.31. The zero-order valence-electron chi connectivity index (χ0n) is 10.6. The van der Waals surface area contributed by atoms with Crippen LogP contribution in [0.1, 0.15) is 5.56 Å². The van der Waals surface area contributed by atoms with Crippen molar-refractivity contribution >= 4 is 10.9 Å². The molecule has 0 bridgehead atoms. The summed E-state index contributed by atoms with van der Waals surface area (Å²) in [7, 11) is 2.07. The minimum Gasteiger partial charge on any atom is -0.226 e. The highest BCUT2D eigenvalue weighted by molar-refractivity contribution is 5.75. The SMILES string of the molecule is Cc1ccccc1-c1ncc2ccccc2[n+]1C. The average molecular weight is 235 g/mol. The molecule has 1 aromatic heterocycles. The normalized spacial score (nSPS) is 10.8. The van der Waals surface area contributed by atoms with Gasteiger partial charge in [-0.25, -0.2) is 4.57 Å². The molecule has 0 aliphatic heterocycles. The predicted octanol–water partition coefficient (Wildman–Crippen LogP) is 3.03. The van der Waals surface area contributed by atoms with Crippen LogP contribution in [0.25, 0.3) is 22.3 Å². The molecule has 0 fully saturated rings. The van der Waals surface area contributed by atoms with Gasteiger partial charge < -0.3 is 0 Å². The van der Waals surface area contributed by atoms with Gasteiger partial charge in [-0.1, -0.05) is 30.3 Å². The van der Waals surface area contributed by atoms with Gasteiger partial charge >= 0.3 is 5.82 Å². The first-order valence-electron chi connectivity index (χ1n) is 6.07. The van der Waals surface area contributed by atoms with Crippen LogP contribution < -0.4 is 4.57 Å². The van der Waals surface area contributed by atoms with Crippen molar-refractivity contribution in [3.8, 4) is 11.4 Å². The molecule has 2 aromatic carbocycles. The highest BCUT2D eigenvalue weighted by atomic mass is 15.0. The topological polar surface area (TPSA) is 16.8 Å². The van der Waals surface area contributed by atoms with Crippen molar-refractivity contribution in [2.45, 2.75) is 6.92 Å². The van der Waals surface area contributed by atoms with Gasteiger partial charge in [0, 0.05) is 0 Å². The number of hydrogen-bond acceptors (Lipinski definition) is 1. The van der Waals surface area contributed by atoms with Gasteiger partial charge in [0.05, 0.1) is 18.0 Å². The minimum atomic E-state index is 1.01. The number of aromatic nitrogens is 2. The Balaban J connectivity index is 2.31. The molecule has 3 rings (SSSR count). The zero-order valence-corrected chi connectivity index (χ0v) is 10.6. The van der Waals surface area contributed by atoms with Crippen molar-refractivity contribution in [2.24, 2.45) is 7.05 Å². The second-order valence-electron chi connectivity index (χ2n) is 4.51. The number of benzene rings is 2. The molecule has 0 spiro atoms. The van der Waals surface area contributed by atoms with Crippen LogP contribution in [0.3, 0.4) is 0 Å². The van der Waals surface area contributed by atoms with Crippen LogP contribution in [0.5, 0.6) is 0 Å². The van der Waals surface area contributed by atoms with E-state index >= 15 is 0 Å². The molecule has 88 valence electrons. The van der Waals surface area contributed by atoms with E-state index in [1.54, 1.807) is 0 Å². The van der Waals surface area contributed by atoms with Crippen LogP contribution in [0.15, 0.2) is 54.7 Å². The third-order valence-electron chi connectivity index (χ3n) is 3.33. The third kappa shape index (κ3) is 1.66. The lowest BCUT2D eigenvalue weighted by Gasteiger charge is -2.04. The molecule has 0 saturated carbocycles. The number of aryl methyl sites for hydroxylation is 2. The van der Waals surface area contributed by atoms with Crippen molar-refractivity contribution in [1.29, 1.82) is 0 Å². The summed E-state index contributed by atoms with van der Waals surface area (Å²) in [5.41, 5.74) is 3.63. The molecule has 18 heavy (non-hydrogen) atoms. The van der Waals surface area contributed by atoms with Gasteiger partial charge in [-0.2, -0.15) is 0 Å². The molecule has 0 atom stereocenters. The Kier molecular flexibility index (Phi) is 2.56. The molecule has 3 aromatic rings. The maximum Gasteiger partial charge on any atom is 0.330 e. The van der Waals surface area contributed by atoms with Crippen LogP contribution in [0.2, 0.25) is 0 Å². The summed E-state index contributed by atoms with van der Waals surface area (Å²) in [6.07, 6.45) is 1.94. The largest absolute Gasteiger partial charge is 0.330 e. The first-order chi connectivity index (χ1) is 8.77. The summed E-state index contributed by atoms with van der Waals surface area (Å²) in [6.45, 7) is 2.12. The van der Waals surface area contributed by atoms with Crippen molar-refractivity contribution in [3.05, 3.63) is 60.3 Å². The second-order valence-corrected chi connectivity index (χ2v) is 4.51. The number of nitrogens with zero attached hydrogens (tertiary/aromatic N) is 2. The van der Waals surface area contributed by atoms with E-state index in [1.165, 1.54) is 16.6 Å². The van der Waals surface area contributed by atoms with Gasteiger partial charge in [-0.05, 0) is 35.7 Å². The van der Waals surface area contributed by atoms with E-state index in [1.807, 2.05) is 12.3 Å². The molecule has 0 N–H and O–H groups in total. The van der Waals surface area contributed by atoms with Gasteiger partial charge in [-0.15, -0.1) is 0 Å². The molecule has 1 heterocycles. The highest BCUT2D eigenvalue weighted by Gasteiger charge is 2.16. The summed E-state index contributed by atoms with van der Waals surface area (Å²) >= 11 is 0. The molecule has 0 radical (unpaired) electrons. The number of para-hydroxylation sites is 1. The Morgan fingerprint density at radius 3 is 2.50 bits per heavy atom. The fourth-order valence-electron chi connectivity index (χ4n) is 2.31. The van der Waals surface area contributed by atoms with E-state index in [9.17, 15) is 0 Å². The maximum atomic E-state index is 4.60. The van der Waals surface area contributed by atoms with Crippen LogP contribution in [-0.4, -0.2) is 4.98 Å². The van der Waals surface area contributed by atoms with Crippen molar-refractivity contribution in [1.82, 2.24) is 4.98 Å². The summed E-state index contributed by atoms with van der Waals surface area (Å²) < 4.78 is 2.15. The lowest BCUT2D eigenvalue weighted by atomic mass is 10.1. The highest BCUT2D eigenvalue weighted by Crippen LogP contribution is 2.19. The average Bonchev–Trinajstić information content (AvgIpc) is 2.41. The summed E-state index contributed by atoms with van der Waals surface area (Å²) in [4.78, 5) is 4.60. The molecule has 2 nitrogen and oxygen atoms in total. The van der Waals surface area contributed by atoms with Crippen LogP contribution in [-0.2, 0) is 7.05 Å².